The van der Waals surface area contributed by atoms with Gasteiger partial charge in [0.25, 0.3) is 0 Å². The first kappa shape index (κ1) is 21.7. The molecule has 2 aromatic carbocycles. The third kappa shape index (κ3) is 5.10. The van der Waals surface area contributed by atoms with Crippen molar-refractivity contribution in [2.45, 2.75) is 40.3 Å². The molecular weight excluding hydrogens is 398 g/mol. The number of carbonyl (C=O) groups excluding carboxylic acids is 1. The van der Waals surface area contributed by atoms with Crippen molar-refractivity contribution in [3.05, 3.63) is 87.7 Å². The molecule has 156 valence electrons. The van der Waals surface area contributed by atoms with Crippen molar-refractivity contribution in [2.75, 3.05) is 0 Å². The van der Waals surface area contributed by atoms with E-state index in [1.54, 1.807) is 12.1 Å². The number of hydrogen-bond donors (Lipinski definition) is 1. The normalized spacial score (nSPS) is 11.3. The lowest BCUT2D eigenvalue weighted by Gasteiger charge is -2.11. The molecule has 0 aliphatic rings. The molecule has 6 heteroatoms. The van der Waals surface area contributed by atoms with Gasteiger partial charge in [0.15, 0.2) is 0 Å². The number of hydrogen-bond acceptors (Lipinski definition) is 4. The van der Waals surface area contributed by atoms with Crippen LogP contribution in [0.15, 0.2) is 59.7 Å². The molecule has 0 radical (unpaired) electrons. The second-order valence-electron chi connectivity index (χ2n) is 7.35. The highest BCUT2D eigenvalue weighted by molar-refractivity contribution is 6.31. The number of hydrazone groups is 1. The number of nitrogens with zero attached hydrogens (tertiary/aromatic N) is 2. The van der Waals surface area contributed by atoms with Crippen molar-refractivity contribution in [3.63, 3.8) is 0 Å². The van der Waals surface area contributed by atoms with Gasteiger partial charge in [0.1, 0.15) is 0 Å². The summed E-state index contributed by atoms with van der Waals surface area (Å²) < 4.78 is 7.38. The molecule has 1 heterocycles. The van der Waals surface area contributed by atoms with Crippen LogP contribution in [0.2, 0.25) is 5.02 Å². The maximum absolute atomic E-state index is 12.0. The molecule has 0 aliphatic carbocycles. The first-order valence-corrected chi connectivity index (χ1v) is 10.2. The predicted molar refractivity (Wildman–Crippen MR) is 122 cm³/mol. The Hall–Kier alpha value is -3.05. The van der Waals surface area contributed by atoms with Crippen molar-refractivity contribution in [2.24, 2.45) is 5.10 Å². The van der Waals surface area contributed by atoms with Gasteiger partial charge in [-0.05, 0) is 69.7 Å². The summed E-state index contributed by atoms with van der Waals surface area (Å²) in [5.41, 5.74) is 8.73. The van der Waals surface area contributed by atoms with Gasteiger partial charge < -0.3 is 14.7 Å². The molecule has 0 amide bonds. The van der Waals surface area contributed by atoms with Gasteiger partial charge in [-0.3, -0.25) is 0 Å². The van der Waals surface area contributed by atoms with Crippen LogP contribution < -0.4 is 5.43 Å². The van der Waals surface area contributed by atoms with Crippen LogP contribution in [0, 0.1) is 13.8 Å². The molecular formula is C24H26ClN3O2. The van der Waals surface area contributed by atoms with Gasteiger partial charge in [-0.25, -0.2) is 4.79 Å². The highest BCUT2D eigenvalue weighted by Crippen LogP contribution is 2.21. The molecule has 1 aromatic heterocycles. The summed E-state index contributed by atoms with van der Waals surface area (Å²) in [6.07, 6.45) is 1.67. The van der Waals surface area contributed by atoms with Crippen molar-refractivity contribution < 1.29 is 9.53 Å². The van der Waals surface area contributed by atoms with E-state index in [0.29, 0.717) is 12.1 Å². The van der Waals surface area contributed by atoms with E-state index in [1.165, 1.54) is 0 Å². The van der Waals surface area contributed by atoms with E-state index >= 15 is 0 Å². The van der Waals surface area contributed by atoms with E-state index in [9.17, 15) is 4.79 Å². The van der Waals surface area contributed by atoms with E-state index in [0.717, 1.165) is 33.2 Å². The summed E-state index contributed by atoms with van der Waals surface area (Å²) in [6.45, 7) is 8.32. The minimum absolute atomic E-state index is 0.139. The zero-order valence-electron chi connectivity index (χ0n) is 17.6. The molecule has 0 fully saturated rings. The van der Waals surface area contributed by atoms with Gasteiger partial charge in [-0.2, -0.15) is 5.10 Å². The van der Waals surface area contributed by atoms with Crippen molar-refractivity contribution in [3.8, 4) is 5.69 Å². The first-order valence-electron chi connectivity index (χ1n) is 9.86. The number of aryl methyl sites for hydroxylation is 1. The summed E-state index contributed by atoms with van der Waals surface area (Å²) in [6, 6.07) is 17.2. The number of rotatable bonds is 7. The first-order chi connectivity index (χ1) is 14.4. The Bertz CT molecular complexity index is 1050. The summed E-state index contributed by atoms with van der Waals surface area (Å²) in [5.74, 6) is -0.310. The number of ether oxygens (including phenoxy) is 1. The molecule has 0 saturated carbocycles. The highest BCUT2D eigenvalue weighted by Gasteiger charge is 2.12. The molecule has 30 heavy (non-hydrogen) atoms. The number of esters is 1. The van der Waals surface area contributed by atoms with Crippen molar-refractivity contribution in [1.29, 1.82) is 0 Å². The molecule has 0 aliphatic heterocycles. The number of carbonyl (C=O) groups is 1. The lowest BCUT2D eigenvalue weighted by atomic mass is 10.2. The summed E-state index contributed by atoms with van der Waals surface area (Å²) >= 11 is 6.17. The van der Waals surface area contributed by atoms with E-state index in [1.807, 2.05) is 70.3 Å². The molecule has 5 nitrogen and oxygen atoms in total. The van der Waals surface area contributed by atoms with E-state index < -0.39 is 0 Å². The molecule has 0 unspecified atom stereocenters. The van der Waals surface area contributed by atoms with Gasteiger partial charge in [0.05, 0.1) is 24.4 Å². The van der Waals surface area contributed by atoms with Crippen LogP contribution in [0.1, 0.15) is 46.7 Å². The predicted octanol–water partition coefficient (Wildman–Crippen LogP) is 5.44. The Morgan fingerprint density at radius 2 is 1.87 bits per heavy atom. The van der Waals surface area contributed by atoms with Crippen molar-refractivity contribution >= 4 is 23.8 Å². The maximum Gasteiger partial charge on any atom is 0.338 e. The fourth-order valence-electron chi connectivity index (χ4n) is 3.23. The molecule has 0 atom stereocenters. The smallest absolute Gasteiger partial charge is 0.338 e. The minimum Gasteiger partial charge on any atom is -0.459 e. The number of nitrogens with one attached hydrogen (secondary N) is 1. The van der Waals surface area contributed by atoms with Crippen LogP contribution in [-0.2, 0) is 11.3 Å². The molecule has 0 spiro atoms. The summed E-state index contributed by atoms with van der Waals surface area (Å²) in [5, 5.41) is 5.07. The molecule has 1 N–H and O–H groups in total. The van der Waals surface area contributed by atoms with Crippen molar-refractivity contribution in [1.82, 2.24) is 9.99 Å². The fourth-order valence-corrected chi connectivity index (χ4v) is 3.43. The molecule has 0 saturated heterocycles. The Labute approximate surface area is 182 Å². The zero-order valence-corrected chi connectivity index (χ0v) is 18.4. The lowest BCUT2D eigenvalue weighted by molar-refractivity contribution is 0.0378. The molecule has 3 rings (SSSR count). The van der Waals surface area contributed by atoms with Gasteiger partial charge in [0, 0.05) is 27.7 Å². The van der Waals surface area contributed by atoms with Gasteiger partial charge >= 0.3 is 5.97 Å². The fraction of sp³-hybridized carbons (Fsp3) is 0.250. The average Bonchev–Trinajstić information content (AvgIpc) is 2.99. The third-order valence-electron chi connectivity index (χ3n) is 4.70. The van der Waals surface area contributed by atoms with Crippen LogP contribution >= 0.6 is 11.6 Å². The van der Waals surface area contributed by atoms with Crippen LogP contribution in [0.25, 0.3) is 5.69 Å². The highest BCUT2D eigenvalue weighted by atomic mass is 35.5. The largest absolute Gasteiger partial charge is 0.459 e. The Morgan fingerprint density at radius 1 is 1.17 bits per heavy atom. The van der Waals surface area contributed by atoms with Gasteiger partial charge in [-0.15, -0.1) is 0 Å². The SMILES string of the molecule is Cc1cc(/C=N\NCc2ccccc2Cl)c(C)n1-c1ccc(C(=O)OC(C)C)cc1. The number of aromatic nitrogens is 1. The minimum atomic E-state index is -0.310. The topological polar surface area (TPSA) is 55.6 Å². The lowest BCUT2D eigenvalue weighted by Crippen LogP contribution is -2.11. The quantitative estimate of drug-likeness (QED) is 0.313. The van der Waals surface area contributed by atoms with Crippen LogP contribution in [0.5, 0.6) is 0 Å². The Balaban J connectivity index is 1.72. The van der Waals surface area contributed by atoms with Crippen LogP contribution in [-0.4, -0.2) is 22.9 Å². The van der Waals surface area contributed by atoms with Gasteiger partial charge in [-0.1, -0.05) is 29.8 Å². The standard InChI is InChI=1S/C24H26ClN3O2/c1-16(2)30-24(29)19-9-11-22(12-10-19)28-17(3)13-21(18(28)4)15-27-26-14-20-7-5-6-8-23(20)25/h5-13,15-16,26H,14H2,1-4H3/b27-15-. The third-order valence-corrected chi connectivity index (χ3v) is 5.07. The van der Waals surface area contributed by atoms with Crippen LogP contribution in [0.4, 0.5) is 0 Å². The van der Waals surface area contributed by atoms with E-state index in [4.69, 9.17) is 16.3 Å². The monoisotopic (exact) mass is 423 g/mol. The summed E-state index contributed by atoms with van der Waals surface area (Å²) in [7, 11) is 0. The van der Waals surface area contributed by atoms with E-state index in [2.05, 4.69) is 21.2 Å². The Kier molecular flexibility index (Phi) is 6.95. The summed E-state index contributed by atoms with van der Waals surface area (Å²) in [4.78, 5) is 12.0. The molecule has 3 aromatic rings. The maximum atomic E-state index is 12.0. The average molecular weight is 424 g/mol. The second-order valence-corrected chi connectivity index (χ2v) is 7.75. The number of benzene rings is 2. The Morgan fingerprint density at radius 3 is 2.53 bits per heavy atom. The van der Waals surface area contributed by atoms with E-state index in [-0.39, 0.29) is 12.1 Å². The van der Waals surface area contributed by atoms with Crippen LogP contribution in [0.3, 0.4) is 0 Å². The molecule has 0 bridgehead atoms. The number of halogens is 1. The zero-order chi connectivity index (χ0) is 21.7. The van der Waals surface area contributed by atoms with Gasteiger partial charge in [0.2, 0.25) is 0 Å². The second kappa shape index (κ2) is 9.63.